The van der Waals surface area contributed by atoms with Crippen LogP contribution in [0.25, 0.3) is 0 Å². The monoisotopic (exact) mass is 289 g/mol. The van der Waals surface area contributed by atoms with Crippen LogP contribution in [-0.4, -0.2) is 45.2 Å². The molecule has 2 atom stereocenters. The summed E-state index contributed by atoms with van der Waals surface area (Å²) in [5.74, 6) is 1.51. The number of rotatable bonds is 2. The topological polar surface area (TPSA) is 49.2 Å². The summed E-state index contributed by atoms with van der Waals surface area (Å²) < 4.78 is 0. The van der Waals surface area contributed by atoms with Crippen LogP contribution in [0.3, 0.4) is 0 Å². The zero-order valence-corrected chi connectivity index (χ0v) is 13.3. The summed E-state index contributed by atoms with van der Waals surface area (Å²) in [6.07, 6.45) is 6.70. The Kier molecular flexibility index (Phi) is 4.55. The van der Waals surface area contributed by atoms with Gasteiger partial charge in [0, 0.05) is 23.3 Å². The van der Waals surface area contributed by atoms with Crippen molar-refractivity contribution >= 4 is 0 Å². The van der Waals surface area contributed by atoms with Crippen molar-refractivity contribution in [2.24, 2.45) is 0 Å². The summed E-state index contributed by atoms with van der Waals surface area (Å²) in [5.41, 5.74) is 2.14. The van der Waals surface area contributed by atoms with Gasteiger partial charge in [0.05, 0.1) is 6.10 Å². The van der Waals surface area contributed by atoms with E-state index >= 15 is 0 Å². The van der Waals surface area contributed by atoms with E-state index in [4.69, 9.17) is 0 Å². The number of piperidine rings is 1. The fourth-order valence-corrected chi connectivity index (χ4v) is 3.94. The lowest BCUT2D eigenvalue weighted by Gasteiger charge is -2.41. The first-order valence-electron chi connectivity index (χ1n) is 8.38. The third-order valence-corrected chi connectivity index (χ3v) is 5.06. The van der Waals surface area contributed by atoms with Crippen molar-refractivity contribution in [1.82, 2.24) is 14.9 Å². The van der Waals surface area contributed by atoms with Gasteiger partial charge in [-0.2, -0.15) is 0 Å². The Bertz CT molecular complexity index is 463. The van der Waals surface area contributed by atoms with E-state index in [0.29, 0.717) is 12.0 Å². The smallest absolute Gasteiger partial charge is 0.132 e. The van der Waals surface area contributed by atoms with Crippen LogP contribution < -0.4 is 0 Å². The van der Waals surface area contributed by atoms with E-state index in [0.717, 1.165) is 56.0 Å². The van der Waals surface area contributed by atoms with E-state index in [1.807, 2.05) is 19.9 Å². The summed E-state index contributed by atoms with van der Waals surface area (Å²) in [4.78, 5) is 11.8. The number of aryl methyl sites for hydroxylation is 2. The van der Waals surface area contributed by atoms with Crippen LogP contribution in [-0.2, 0) is 0 Å². The van der Waals surface area contributed by atoms with E-state index in [2.05, 4.69) is 14.9 Å². The predicted octanol–water partition coefficient (Wildman–Crippen LogP) is 2.58. The average molecular weight is 289 g/mol. The Balaban J connectivity index is 1.62. The minimum Gasteiger partial charge on any atom is -0.391 e. The molecule has 1 N–H and O–H groups in total. The SMILES string of the molecule is Cc1cc(C)nc(C2CCN([C@@H]3CCCC[C@H]3O)CC2)n1. The summed E-state index contributed by atoms with van der Waals surface area (Å²) in [6, 6.07) is 2.43. The second-order valence-electron chi connectivity index (χ2n) is 6.74. The summed E-state index contributed by atoms with van der Waals surface area (Å²) in [7, 11) is 0. The second-order valence-corrected chi connectivity index (χ2v) is 6.74. The maximum absolute atomic E-state index is 10.2. The largest absolute Gasteiger partial charge is 0.391 e. The minimum atomic E-state index is -0.118. The first-order chi connectivity index (χ1) is 10.1. The molecule has 1 saturated heterocycles. The molecule has 0 bridgehead atoms. The highest BCUT2D eigenvalue weighted by molar-refractivity contribution is 5.11. The molecule has 1 aromatic heterocycles. The number of aromatic nitrogens is 2. The number of likely N-dealkylation sites (tertiary alicyclic amines) is 1. The van der Waals surface area contributed by atoms with E-state index in [1.54, 1.807) is 0 Å². The fraction of sp³-hybridized carbons (Fsp3) is 0.765. The third-order valence-electron chi connectivity index (χ3n) is 5.06. The first-order valence-corrected chi connectivity index (χ1v) is 8.38. The zero-order chi connectivity index (χ0) is 14.8. The Morgan fingerprint density at radius 1 is 1.00 bits per heavy atom. The Morgan fingerprint density at radius 2 is 1.62 bits per heavy atom. The van der Waals surface area contributed by atoms with Crippen LogP contribution in [0.2, 0.25) is 0 Å². The number of aliphatic hydroxyl groups is 1. The predicted molar refractivity (Wildman–Crippen MR) is 83.3 cm³/mol. The molecule has 4 nitrogen and oxygen atoms in total. The number of aliphatic hydroxyl groups excluding tert-OH is 1. The molecule has 1 aliphatic heterocycles. The van der Waals surface area contributed by atoms with Gasteiger partial charge in [0.15, 0.2) is 0 Å². The molecule has 2 heterocycles. The van der Waals surface area contributed by atoms with Crippen LogP contribution in [0, 0.1) is 13.8 Å². The molecule has 3 rings (SSSR count). The van der Waals surface area contributed by atoms with Crippen molar-refractivity contribution in [3.8, 4) is 0 Å². The molecule has 21 heavy (non-hydrogen) atoms. The number of hydrogen-bond acceptors (Lipinski definition) is 4. The van der Waals surface area contributed by atoms with Crippen molar-refractivity contribution < 1.29 is 5.11 Å². The van der Waals surface area contributed by atoms with E-state index in [-0.39, 0.29) is 6.10 Å². The molecular formula is C17H27N3O. The lowest BCUT2D eigenvalue weighted by atomic mass is 9.88. The van der Waals surface area contributed by atoms with Crippen molar-refractivity contribution in [3.63, 3.8) is 0 Å². The summed E-state index contributed by atoms with van der Waals surface area (Å²) in [5, 5.41) is 10.2. The molecule has 0 unspecified atom stereocenters. The average Bonchev–Trinajstić information content (AvgIpc) is 2.47. The van der Waals surface area contributed by atoms with Crippen LogP contribution >= 0.6 is 0 Å². The highest BCUT2D eigenvalue weighted by Gasteiger charge is 2.32. The van der Waals surface area contributed by atoms with Gasteiger partial charge in [0.2, 0.25) is 0 Å². The highest BCUT2D eigenvalue weighted by atomic mass is 16.3. The zero-order valence-electron chi connectivity index (χ0n) is 13.3. The van der Waals surface area contributed by atoms with Gasteiger partial charge in [-0.15, -0.1) is 0 Å². The van der Waals surface area contributed by atoms with Crippen LogP contribution in [0.15, 0.2) is 6.07 Å². The van der Waals surface area contributed by atoms with Crippen molar-refractivity contribution in [2.75, 3.05) is 13.1 Å². The van der Waals surface area contributed by atoms with Gasteiger partial charge in [-0.1, -0.05) is 12.8 Å². The maximum atomic E-state index is 10.2. The molecule has 1 saturated carbocycles. The Labute approximate surface area is 127 Å². The molecule has 0 amide bonds. The van der Waals surface area contributed by atoms with Crippen LogP contribution in [0.4, 0.5) is 0 Å². The molecule has 0 radical (unpaired) electrons. The summed E-state index contributed by atoms with van der Waals surface area (Å²) in [6.45, 7) is 6.24. The van der Waals surface area contributed by atoms with Crippen molar-refractivity contribution in [2.45, 2.75) is 70.4 Å². The lowest BCUT2D eigenvalue weighted by molar-refractivity contribution is 0.00833. The lowest BCUT2D eigenvalue weighted by Crippen LogP contribution is -2.48. The maximum Gasteiger partial charge on any atom is 0.132 e. The van der Waals surface area contributed by atoms with Gasteiger partial charge in [0.1, 0.15) is 5.82 Å². The molecule has 0 aromatic carbocycles. The molecular weight excluding hydrogens is 262 g/mol. The normalized spacial score (nSPS) is 28.7. The fourth-order valence-electron chi connectivity index (χ4n) is 3.94. The van der Waals surface area contributed by atoms with Crippen LogP contribution in [0.5, 0.6) is 0 Å². The van der Waals surface area contributed by atoms with Gasteiger partial charge in [-0.05, 0) is 58.7 Å². The molecule has 1 aliphatic carbocycles. The highest BCUT2D eigenvalue weighted by Crippen LogP contribution is 2.31. The van der Waals surface area contributed by atoms with Gasteiger partial charge in [0.25, 0.3) is 0 Å². The number of hydrogen-bond donors (Lipinski definition) is 1. The van der Waals surface area contributed by atoms with Gasteiger partial charge in [-0.3, -0.25) is 4.90 Å². The number of nitrogens with zero attached hydrogens (tertiary/aromatic N) is 3. The van der Waals surface area contributed by atoms with Gasteiger partial charge in [-0.25, -0.2) is 9.97 Å². The van der Waals surface area contributed by atoms with E-state index in [9.17, 15) is 5.11 Å². The third kappa shape index (κ3) is 3.43. The van der Waals surface area contributed by atoms with E-state index in [1.165, 1.54) is 12.8 Å². The standard InChI is InChI=1S/C17H27N3O/c1-12-11-13(2)19-17(18-12)14-7-9-20(10-8-14)15-5-3-4-6-16(15)21/h11,14-16,21H,3-10H2,1-2H3/t15-,16-/m1/s1. The Hall–Kier alpha value is -1.00. The Morgan fingerprint density at radius 3 is 2.24 bits per heavy atom. The summed E-state index contributed by atoms with van der Waals surface area (Å²) >= 11 is 0. The molecule has 4 heteroatoms. The van der Waals surface area contributed by atoms with Crippen molar-refractivity contribution in [3.05, 3.63) is 23.3 Å². The second kappa shape index (κ2) is 6.41. The minimum absolute atomic E-state index is 0.118. The van der Waals surface area contributed by atoms with Gasteiger partial charge < -0.3 is 5.11 Å². The van der Waals surface area contributed by atoms with E-state index < -0.39 is 0 Å². The molecule has 2 fully saturated rings. The first kappa shape index (κ1) is 14.9. The van der Waals surface area contributed by atoms with Crippen LogP contribution in [0.1, 0.15) is 61.7 Å². The molecule has 2 aliphatic rings. The quantitative estimate of drug-likeness (QED) is 0.909. The van der Waals surface area contributed by atoms with Gasteiger partial charge >= 0.3 is 0 Å². The molecule has 1 aromatic rings. The molecule has 116 valence electrons. The molecule has 0 spiro atoms. The van der Waals surface area contributed by atoms with Crippen molar-refractivity contribution in [1.29, 1.82) is 0 Å².